The summed E-state index contributed by atoms with van der Waals surface area (Å²) in [5.74, 6) is -0.0295. The van der Waals surface area contributed by atoms with Gasteiger partial charge in [-0.2, -0.15) is 0 Å². The van der Waals surface area contributed by atoms with Gasteiger partial charge in [-0.3, -0.25) is 4.79 Å². The van der Waals surface area contributed by atoms with E-state index in [-0.39, 0.29) is 12.6 Å². The highest BCUT2D eigenvalue weighted by atomic mass is 16.4. The number of carbonyl (C=O) groups is 1. The molecule has 1 aromatic carbocycles. The highest BCUT2D eigenvalue weighted by molar-refractivity contribution is 6.26. The summed E-state index contributed by atoms with van der Waals surface area (Å²) in [6.07, 6.45) is 0.878. The van der Waals surface area contributed by atoms with Crippen LogP contribution >= 0.6 is 0 Å². The van der Waals surface area contributed by atoms with Crippen molar-refractivity contribution in [1.82, 2.24) is 4.90 Å². The van der Waals surface area contributed by atoms with Crippen LogP contribution in [-0.4, -0.2) is 49.3 Å². The lowest BCUT2D eigenvalue weighted by molar-refractivity contribution is 0.0765. The topological polar surface area (TPSA) is 75.8 Å². The van der Waals surface area contributed by atoms with Crippen LogP contribution in [0, 0.1) is 0 Å². The number of hydrogen-bond acceptors (Lipinski definition) is 4. The normalized spacial score (nSPS) is 18.6. The lowest BCUT2D eigenvalue weighted by Crippen LogP contribution is -2.29. The Labute approximate surface area is 113 Å². The number of carbonyl (C=O) groups excluding carboxylic acids is 1. The maximum Gasteiger partial charge on any atom is 0.298 e. The zero-order valence-electron chi connectivity index (χ0n) is 10.8. The quantitative estimate of drug-likeness (QED) is 0.442. The predicted molar refractivity (Wildman–Crippen MR) is 72.6 cm³/mol. The number of β-amino-alcohol motifs (C(OH)–C–C–N with tert-alkyl or cyclic N) is 1. The zero-order valence-corrected chi connectivity index (χ0v) is 10.8. The molecule has 1 amide bonds. The van der Waals surface area contributed by atoms with Crippen molar-refractivity contribution in [2.24, 2.45) is 5.73 Å². The van der Waals surface area contributed by atoms with E-state index in [0.717, 1.165) is 5.56 Å². The second-order valence-electron chi connectivity index (χ2n) is 4.60. The van der Waals surface area contributed by atoms with Gasteiger partial charge in [0.2, 0.25) is 0 Å². The van der Waals surface area contributed by atoms with Crippen LogP contribution in [0.1, 0.15) is 22.3 Å². The fourth-order valence-electron chi connectivity index (χ4n) is 2.16. The van der Waals surface area contributed by atoms with E-state index in [1.807, 2.05) is 18.2 Å². The Morgan fingerprint density at radius 1 is 1.58 bits per heavy atom. The summed E-state index contributed by atoms with van der Waals surface area (Å²) < 4.78 is 4.98. The summed E-state index contributed by atoms with van der Waals surface area (Å²) >= 11 is 0. The average Bonchev–Trinajstić information content (AvgIpc) is 2.85. The number of benzene rings is 1. The molecule has 1 atom stereocenters. The fourth-order valence-corrected chi connectivity index (χ4v) is 2.16. The predicted octanol–water partition coefficient (Wildman–Crippen LogP) is -0.0546. The molecule has 1 heterocycles. The minimum Gasteiger partial charge on any atom is -0.428 e. The Kier molecular flexibility index (Phi) is 4.96. The maximum atomic E-state index is 12.2. The lowest BCUT2D eigenvalue weighted by Gasteiger charge is -2.16. The van der Waals surface area contributed by atoms with Crippen LogP contribution in [0.3, 0.4) is 0 Å². The smallest absolute Gasteiger partial charge is 0.298 e. The van der Waals surface area contributed by atoms with Crippen molar-refractivity contribution in [3.05, 3.63) is 35.4 Å². The third-order valence-corrected chi connectivity index (χ3v) is 3.16. The SMILES string of the molecule is NCO[B]Cc1cccc(C(=O)N2CC[C@@H](O)C2)c1. The summed E-state index contributed by atoms with van der Waals surface area (Å²) in [6.45, 7) is 1.20. The molecule has 3 N–H and O–H groups in total. The molecule has 1 saturated heterocycles. The minimum atomic E-state index is -0.390. The van der Waals surface area contributed by atoms with Gasteiger partial charge in [0, 0.05) is 18.7 Å². The first-order chi connectivity index (χ1) is 9.20. The first-order valence-electron chi connectivity index (χ1n) is 6.40. The molecule has 2 rings (SSSR count). The minimum absolute atomic E-state index is 0.0295. The van der Waals surface area contributed by atoms with Gasteiger partial charge < -0.3 is 20.4 Å². The highest BCUT2D eigenvalue weighted by Crippen LogP contribution is 2.14. The molecule has 1 radical (unpaired) electrons. The second kappa shape index (κ2) is 6.70. The Balaban J connectivity index is 1.99. The highest BCUT2D eigenvalue weighted by Gasteiger charge is 2.25. The second-order valence-corrected chi connectivity index (χ2v) is 4.60. The molecule has 0 unspecified atom stereocenters. The van der Waals surface area contributed by atoms with Crippen LogP contribution in [0.2, 0.25) is 0 Å². The van der Waals surface area contributed by atoms with Gasteiger partial charge in [-0.15, -0.1) is 0 Å². The zero-order chi connectivity index (χ0) is 13.7. The van der Waals surface area contributed by atoms with E-state index < -0.39 is 6.10 Å². The molecule has 5 nitrogen and oxygen atoms in total. The van der Waals surface area contributed by atoms with Crippen molar-refractivity contribution in [3.8, 4) is 0 Å². The number of nitrogens with two attached hydrogens (primary N) is 1. The van der Waals surface area contributed by atoms with E-state index in [1.54, 1.807) is 18.4 Å². The van der Waals surface area contributed by atoms with Gasteiger partial charge in [0.05, 0.1) is 12.8 Å². The Bertz CT molecular complexity index is 442. The molecule has 0 aliphatic carbocycles. The Hall–Kier alpha value is -1.37. The van der Waals surface area contributed by atoms with E-state index in [2.05, 4.69) is 0 Å². The monoisotopic (exact) mass is 261 g/mol. The third kappa shape index (κ3) is 3.80. The molecule has 0 aromatic heterocycles. The van der Waals surface area contributed by atoms with Crippen molar-refractivity contribution >= 4 is 13.4 Å². The lowest BCUT2D eigenvalue weighted by atomic mass is 9.89. The van der Waals surface area contributed by atoms with Crippen LogP contribution in [0.4, 0.5) is 0 Å². The van der Waals surface area contributed by atoms with Gasteiger partial charge in [0.1, 0.15) is 0 Å². The van der Waals surface area contributed by atoms with Gasteiger partial charge in [0.25, 0.3) is 13.4 Å². The van der Waals surface area contributed by atoms with E-state index in [1.165, 1.54) is 0 Å². The number of nitrogens with zero attached hydrogens (tertiary/aromatic N) is 1. The Morgan fingerprint density at radius 2 is 2.42 bits per heavy atom. The molecular formula is C13H18BN2O3. The molecule has 1 aliphatic rings. The van der Waals surface area contributed by atoms with Crippen molar-refractivity contribution in [1.29, 1.82) is 0 Å². The van der Waals surface area contributed by atoms with Crippen molar-refractivity contribution in [2.75, 3.05) is 19.8 Å². The summed E-state index contributed by atoms with van der Waals surface area (Å²) in [6, 6.07) is 7.43. The molecule has 1 aliphatic heterocycles. The first kappa shape index (κ1) is 14.1. The summed E-state index contributed by atoms with van der Waals surface area (Å²) in [5.41, 5.74) is 6.87. The number of likely N-dealkylation sites (tertiary alicyclic amines) is 1. The molecular weight excluding hydrogens is 243 g/mol. The Morgan fingerprint density at radius 3 is 3.11 bits per heavy atom. The number of rotatable bonds is 5. The number of hydrogen-bond donors (Lipinski definition) is 2. The maximum absolute atomic E-state index is 12.2. The largest absolute Gasteiger partial charge is 0.428 e. The van der Waals surface area contributed by atoms with E-state index >= 15 is 0 Å². The van der Waals surface area contributed by atoms with Crippen molar-refractivity contribution < 1.29 is 14.6 Å². The van der Waals surface area contributed by atoms with Crippen LogP contribution in [0.5, 0.6) is 0 Å². The molecule has 0 bridgehead atoms. The molecule has 19 heavy (non-hydrogen) atoms. The molecule has 1 aromatic rings. The number of aliphatic hydroxyl groups is 1. The molecule has 0 spiro atoms. The van der Waals surface area contributed by atoms with Crippen molar-refractivity contribution in [2.45, 2.75) is 18.8 Å². The van der Waals surface area contributed by atoms with Gasteiger partial charge in [-0.05, 0) is 24.9 Å². The summed E-state index contributed by atoms with van der Waals surface area (Å²) in [5, 5.41) is 9.47. The fraction of sp³-hybridized carbons (Fsp3) is 0.462. The van der Waals surface area contributed by atoms with Gasteiger partial charge in [-0.1, -0.05) is 17.7 Å². The average molecular weight is 261 g/mol. The van der Waals surface area contributed by atoms with Gasteiger partial charge >= 0.3 is 0 Å². The molecule has 6 heteroatoms. The van der Waals surface area contributed by atoms with Crippen LogP contribution < -0.4 is 5.73 Å². The number of aliphatic hydroxyl groups excluding tert-OH is 1. The molecule has 0 saturated carbocycles. The van der Waals surface area contributed by atoms with E-state index in [9.17, 15) is 9.90 Å². The first-order valence-corrected chi connectivity index (χ1v) is 6.40. The standard InChI is InChI=1S/C13H18BN2O3/c15-9-19-14-7-10-2-1-3-11(6-10)13(18)16-5-4-12(17)8-16/h1-3,6,12,17H,4-5,7-9,15H2/t12-/m1/s1. The van der Waals surface area contributed by atoms with Crippen LogP contribution in [0.15, 0.2) is 24.3 Å². The molecule has 1 fully saturated rings. The van der Waals surface area contributed by atoms with E-state index in [4.69, 9.17) is 10.4 Å². The van der Waals surface area contributed by atoms with Crippen LogP contribution in [-0.2, 0) is 11.0 Å². The van der Waals surface area contributed by atoms with Crippen LogP contribution in [0.25, 0.3) is 0 Å². The summed E-state index contributed by atoms with van der Waals surface area (Å²) in [4.78, 5) is 13.9. The van der Waals surface area contributed by atoms with Gasteiger partial charge in [0.15, 0.2) is 0 Å². The van der Waals surface area contributed by atoms with Crippen molar-refractivity contribution in [3.63, 3.8) is 0 Å². The number of amides is 1. The van der Waals surface area contributed by atoms with Gasteiger partial charge in [-0.25, -0.2) is 0 Å². The molecule has 101 valence electrons. The summed E-state index contributed by atoms with van der Waals surface area (Å²) in [7, 11) is 1.63. The third-order valence-electron chi connectivity index (χ3n) is 3.16. The van der Waals surface area contributed by atoms with E-state index in [0.29, 0.717) is 31.4 Å².